The fourth-order valence-corrected chi connectivity index (χ4v) is 3.12. The quantitative estimate of drug-likeness (QED) is 0.680. The SMILES string of the molecule is C=C[C@]1(O)CCC[C@@H]2[C@@H](OC)C(=C)[C@@H]21. The van der Waals surface area contributed by atoms with Gasteiger partial charge in [-0.3, -0.25) is 0 Å². The smallest absolute Gasteiger partial charge is 0.0894 e. The Morgan fingerprint density at radius 1 is 1.64 bits per heavy atom. The maximum atomic E-state index is 10.3. The molecule has 0 unspecified atom stereocenters. The van der Waals surface area contributed by atoms with E-state index in [1.807, 2.05) is 0 Å². The monoisotopic (exact) mass is 194 g/mol. The van der Waals surface area contributed by atoms with Crippen molar-refractivity contribution < 1.29 is 9.84 Å². The molecule has 0 aliphatic heterocycles. The summed E-state index contributed by atoms with van der Waals surface area (Å²) in [6.07, 6.45) is 4.84. The summed E-state index contributed by atoms with van der Waals surface area (Å²) in [4.78, 5) is 0. The van der Waals surface area contributed by atoms with Crippen LogP contribution in [-0.2, 0) is 4.74 Å². The van der Waals surface area contributed by atoms with Crippen LogP contribution < -0.4 is 0 Å². The molecule has 0 bridgehead atoms. The summed E-state index contributed by atoms with van der Waals surface area (Å²) in [5, 5.41) is 10.3. The van der Waals surface area contributed by atoms with Gasteiger partial charge in [0.25, 0.3) is 0 Å². The van der Waals surface area contributed by atoms with Crippen LogP contribution in [0.1, 0.15) is 19.3 Å². The molecule has 2 heteroatoms. The maximum Gasteiger partial charge on any atom is 0.0894 e. The molecule has 0 radical (unpaired) electrons. The van der Waals surface area contributed by atoms with Crippen LogP contribution in [0.2, 0.25) is 0 Å². The minimum atomic E-state index is -0.727. The lowest BCUT2D eigenvalue weighted by molar-refractivity contribution is -0.111. The third-order valence-electron chi connectivity index (χ3n) is 3.84. The Hall–Kier alpha value is -0.600. The molecule has 0 aromatic heterocycles. The summed E-state index contributed by atoms with van der Waals surface area (Å²) in [5.41, 5.74) is 0.314. The molecule has 0 aromatic rings. The molecule has 2 aliphatic carbocycles. The molecule has 78 valence electrons. The van der Waals surface area contributed by atoms with Gasteiger partial charge in [0.15, 0.2) is 0 Å². The van der Waals surface area contributed by atoms with Gasteiger partial charge >= 0.3 is 0 Å². The number of aliphatic hydroxyl groups is 1. The van der Waals surface area contributed by atoms with Crippen molar-refractivity contribution in [2.24, 2.45) is 11.8 Å². The number of hydrogen-bond donors (Lipinski definition) is 1. The first kappa shape index (κ1) is 9.94. The van der Waals surface area contributed by atoms with Gasteiger partial charge in [-0.25, -0.2) is 0 Å². The van der Waals surface area contributed by atoms with Crippen molar-refractivity contribution >= 4 is 0 Å². The van der Waals surface area contributed by atoms with Crippen molar-refractivity contribution in [1.29, 1.82) is 0 Å². The Labute approximate surface area is 85.3 Å². The van der Waals surface area contributed by atoms with Gasteiger partial charge in [0.2, 0.25) is 0 Å². The Balaban J connectivity index is 2.21. The van der Waals surface area contributed by atoms with Crippen LogP contribution in [0.5, 0.6) is 0 Å². The van der Waals surface area contributed by atoms with Crippen LogP contribution in [0.25, 0.3) is 0 Å². The van der Waals surface area contributed by atoms with Crippen molar-refractivity contribution in [3.8, 4) is 0 Å². The zero-order valence-corrected chi connectivity index (χ0v) is 8.70. The van der Waals surface area contributed by atoms with Crippen LogP contribution in [0.3, 0.4) is 0 Å². The van der Waals surface area contributed by atoms with E-state index in [0.717, 1.165) is 24.8 Å². The lowest BCUT2D eigenvalue weighted by atomic mass is 9.54. The van der Waals surface area contributed by atoms with Crippen LogP contribution >= 0.6 is 0 Å². The van der Waals surface area contributed by atoms with Gasteiger partial charge in [0, 0.05) is 13.0 Å². The first-order valence-electron chi connectivity index (χ1n) is 5.21. The van der Waals surface area contributed by atoms with E-state index in [-0.39, 0.29) is 12.0 Å². The van der Waals surface area contributed by atoms with E-state index >= 15 is 0 Å². The van der Waals surface area contributed by atoms with Crippen LogP contribution in [0, 0.1) is 11.8 Å². The number of fused-ring (bicyclic) bond motifs is 1. The molecule has 0 saturated heterocycles. The normalized spacial score (nSPS) is 46.7. The molecule has 2 rings (SSSR count). The largest absolute Gasteiger partial charge is 0.385 e. The molecule has 2 saturated carbocycles. The van der Waals surface area contributed by atoms with Crippen molar-refractivity contribution in [1.82, 2.24) is 0 Å². The van der Waals surface area contributed by atoms with E-state index in [2.05, 4.69) is 13.2 Å². The second-order valence-electron chi connectivity index (χ2n) is 4.46. The summed E-state index contributed by atoms with van der Waals surface area (Å²) in [5.74, 6) is 0.628. The fourth-order valence-electron chi connectivity index (χ4n) is 3.12. The minimum Gasteiger partial charge on any atom is -0.385 e. The molecule has 0 heterocycles. The maximum absolute atomic E-state index is 10.3. The van der Waals surface area contributed by atoms with Gasteiger partial charge < -0.3 is 9.84 Å². The third-order valence-corrected chi connectivity index (χ3v) is 3.84. The highest BCUT2D eigenvalue weighted by Gasteiger charge is 2.55. The number of ether oxygens (including phenoxy) is 1. The molecule has 14 heavy (non-hydrogen) atoms. The van der Waals surface area contributed by atoms with Gasteiger partial charge in [0.05, 0.1) is 11.7 Å². The minimum absolute atomic E-state index is 0.159. The van der Waals surface area contributed by atoms with E-state index in [1.54, 1.807) is 13.2 Å². The molecule has 2 aliphatic rings. The lowest BCUT2D eigenvalue weighted by Crippen LogP contribution is -2.58. The third kappa shape index (κ3) is 1.11. The number of hydrogen-bond acceptors (Lipinski definition) is 2. The second-order valence-corrected chi connectivity index (χ2v) is 4.46. The van der Waals surface area contributed by atoms with Gasteiger partial charge in [-0.1, -0.05) is 12.7 Å². The molecule has 0 amide bonds. The van der Waals surface area contributed by atoms with Crippen molar-refractivity contribution in [2.45, 2.75) is 31.0 Å². The fraction of sp³-hybridized carbons (Fsp3) is 0.667. The summed E-state index contributed by atoms with van der Waals surface area (Å²) >= 11 is 0. The molecule has 0 spiro atoms. The summed E-state index contributed by atoms with van der Waals surface area (Å²) in [7, 11) is 1.72. The van der Waals surface area contributed by atoms with E-state index < -0.39 is 5.60 Å². The van der Waals surface area contributed by atoms with Crippen LogP contribution in [0.15, 0.2) is 24.8 Å². The average Bonchev–Trinajstić information content (AvgIpc) is 2.17. The molecule has 0 aromatic carbocycles. The van der Waals surface area contributed by atoms with E-state index in [0.29, 0.717) is 5.92 Å². The zero-order chi connectivity index (χ0) is 10.3. The van der Waals surface area contributed by atoms with Gasteiger partial charge in [-0.2, -0.15) is 0 Å². The molecule has 2 fully saturated rings. The lowest BCUT2D eigenvalue weighted by Gasteiger charge is -2.55. The van der Waals surface area contributed by atoms with Gasteiger partial charge in [-0.15, -0.1) is 6.58 Å². The average molecular weight is 194 g/mol. The van der Waals surface area contributed by atoms with E-state index in [4.69, 9.17) is 4.74 Å². The van der Waals surface area contributed by atoms with Crippen LogP contribution in [0.4, 0.5) is 0 Å². The first-order valence-corrected chi connectivity index (χ1v) is 5.21. The summed E-state index contributed by atoms with van der Waals surface area (Å²) in [6, 6.07) is 0. The van der Waals surface area contributed by atoms with Gasteiger partial charge in [-0.05, 0) is 30.8 Å². The highest BCUT2D eigenvalue weighted by Crippen LogP contribution is 2.54. The predicted octanol–water partition coefficient (Wildman–Crippen LogP) is 1.90. The topological polar surface area (TPSA) is 29.5 Å². The standard InChI is InChI=1S/C12H18O2/c1-4-12(13)7-5-6-9-10(12)8(2)11(9)14-3/h4,9-11,13H,1-2,5-7H2,3H3/t9-,10-,11-,12-/m0/s1. The Kier molecular flexibility index (Phi) is 2.28. The Bertz CT molecular complexity index is 271. The second kappa shape index (κ2) is 3.21. The highest BCUT2D eigenvalue weighted by atomic mass is 16.5. The zero-order valence-electron chi connectivity index (χ0n) is 8.70. The Morgan fingerprint density at radius 3 is 2.93 bits per heavy atom. The molecular formula is C12H18O2. The number of rotatable bonds is 2. The van der Waals surface area contributed by atoms with E-state index in [1.165, 1.54) is 0 Å². The summed E-state index contributed by atoms with van der Waals surface area (Å²) in [6.45, 7) is 7.74. The molecule has 1 N–H and O–H groups in total. The highest BCUT2D eigenvalue weighted by molar-refractivity contribution is 5.31. The van der Waals surface area contributed by atoms with Gasteiger partial charge in [0.1, 0.15) is 0 Å². The molecule has 4 atom stereocenters. The van der Waals surface area contributed by atoms with Crippen LogP contribution in [-0.4, -0.2) is 23.9 Å². The summed E-state index contributed by atoms with van der Waals surface area (Å²) < 4.78 is 5.36. The number of methoxy groups -OCH3 is 1. The molecular weight excluding hydrogens is 176 g/mol. The molecule has 2 nitrogen and oxygen atoms in total. The van der Waals surface area contributed by atoms with Crippen molar-refractivity contribution in [3.63, 3.8) is 0 Å². The van der Waals surface area contributed by atoms with E-state index in [9.17, 15) is 5.11 Å². The predicted molar refractivity (Wildman–Crippen MR) is 55.9 cm³/mol. The van der Waals surface area contributed by atoms with Crippen molar-refractivity contribution in [2.75, 3.05) is 7.11 Å². The Morgan fingerprint density at radius 2 is 2.36 bits per heavy atom. The first-order chi connectivity index (χ1) is 6.64. The van der Waals surface area contributed by atoms with Crippen molar-refractivity contribution in [3.05, 3.63) is 24.8 Å².